The Balaban J connectivity index is 1.99. The third-order valence-electron chi connectivity index (χ3n) is 4.79. The zero-order chi connectivity index (χ0) is 20.6. The van der Waals surface area contributed by atoms with E-state index in [0.717, 1.165) is 47.0 Å². The Hall–Kier alpha value is -2.86. The summed E-state index contributed by atoms with van der Waals surface area (Å²) in [6, 6.07) is 11.8. The van der Waals surface area contributed by atoms with Crippen LogP contribution in [0.5, 0.6) is 5.75 Å². The molecule has 0 aliphatic heterocycles. The van der Waals surface area contributed by atoms with Crippen LogP contribution >= 0.6 is 11.3 Å². The van der Waals surface area contributed by atoms with Gasteiger partial charge in [0.05, 0.1) is 25.5 Å². The van der Waals surface area contributed by atoms with E-state index in [-0.39, 0.29) is 0 Å². The number of rotatable bonds is 10. The molecular formula is C23H26N2O3S. The number of nitrogens with zero attached hydrogens (tertiary/aromatic N) is 2. The van der Waals surface area contributed by atoms with Crippen molar-refractivity contribution in [2.75, 3.05) is 7.11 Å². The normalized spacial score (nSPS) is 11.6. The number of aliphatic carboxylic acids is 1. The Morgan fingerprint density at radius 1 is 1.28 bits per heavy atom. The van der Waals surface area contributed by atoms with E-state index in [4.69, 9.17) is 4.74 Å². The Bertz CT molecular complexity index is 974. The Morgan fingerprint density at radius 2 is 2.10 bits per heavy atom. The molecule has 3 aromatic rings. The molecule has 0 amide bonds. The molecule has 0 aliphatic rings. The lowest BCUT2D eigenvalue weighted by Crippen LogP contribution is -2.10. The molecule has 5 nitrogen and oxygen atoms in total. The number of hydrogen-bond acceptors (Lipinski definition) is 4. The van der Waals surface area contributed by atoms with E-state index in [9.17, 15) is 9.90 Å². The maximum Gasteiger partial charge on any atom is 0.332 e. The van der Waals surface area contributed by atoms with Crippen molar-refractivity contribution < 1.29 is 14.6 Å². The first-order chi connectivity index (χ1) is 14.1. The second-order valence-corrected chi connectivity index (χ2v) is 7.86. The summed E-state index contributed by atoms with van der Waals surface area (Å²) < 4.78 is 7.60. The standard InChI is InChI=1S/C23H26N2O3S/c1-3-4-11-22-24-15-19(13-18(23(26)27)14-20-9-7-12-29-20)25(22)16-17-8-5-6-10-21(17)28-2/h5-10,12-13,15H,3-4,11,14,16H2,1-2H3,(H,26,27)/b18-13-. The van der Waals surface area contributed by atoms with Crippen molar-refractivity contribution >= 4 is 23.4 Å². The summed E-state index contributed by atoms with van der Waals surface area (Å²) in [4.78, 5) is 17.5. The van der Waals surface area contributed by atoms with Gasteiger partial charge in [-0.3, -0.25) is 0 Å². The van der Waals surface area contributed by atoms with Crippen LogP contribution in [-0.2, 0) is 24.2 Å². The summed E-state index contributed by atoms with van der Waals surface area (Å²) in [5.74, 6) is 0.873. The molecule has 0 spiro atoms. The molecule has 2 aromatic heterocycles. The minimum atomic E-state index is -0.904. The van der Waals surface area contributed by atoms with E-state index in [1.807, 2.05) is 41.8 Å². The molecule has 0 fully saturated rings. The number of benzene rings is 1. The highest BCUT2D eigenvalue weighted by molar-refractivity contribution is 7.09. The van der Waals surface area contributed by atoms with E-state index in [1.165, 1.54) is 0 Å². The van der Waals surface area contributed by atoms with Gasteiger partial charge >= 0.3 is 5.97 Å². The molecule has 0 saturated carbocycles. The Kier molecular flexibility index (Phi) is 7.25. The van der Waals surface area contributed by atoms with Gasteiger partial charge in [0, 0.05) is 28.9 Å². The summed E-state index contributed by atoms with van der Waals surface area (Å²) >= 11 is 1.56. The van der Waals surface area contributed by atoms with E-state index >= 15 is 0 Å². The van der Waals surface area contributed by atoms with Gasteiger partial charge in [-0.2, -0.15) is 0 Å². The number of unbranched alkanes of at least 4 members (excludes halogenated alkanes) is 1. The minimum absolute atomic E-state index is 0.357. The number of ether oxygens (including phenoxy) is 1. The topological polar surface area (TPSA) is 64.3 Å². The fraction of sp³-hybridized carbons (Fsp3) is 0.304. The van der Waals surface area contributed by atoms with Crippen molar-refractivity contribution in [3.8, 4) is 5.75 Å². The van der Waals surface area contributed by atoms with Gasteiger partial charge < -0.3 is 14.4 Å². The van der Waals surface area contributed by atoms with Crippen molar-refractivity contribution in [3.05, 3.63) is 75.5 Å². The maximum absolute atomic E-state index is 11.9. The number of carboxylic acids is 1. The molecule has 0 saturated heterocycles. The van der Waals surface area contributed by atoms with Gasteiger partial charge in [0.2, 0.25) is 0 Å². The average molecular weight is 411 g/mol. The van der Waals surface area contributed by atoms with Crippen LogP contribution in [0.3, 0.4) is 0 Å². The van der Waals surface area contributed by atoms with Crippen LogP contribution in [0.4, 0.5) is 0 Å². The number of methoxy groups -OCH3 is 1. The van der Waals surface area contributed by atoms with Crippen molar-refractivity contribution in [2.24, 2.45) is 0 Å². The van der Waals surface area contributed by atoms with Gasteiger partial charge in [-0.05, 0) is 30.0 Å². The third kappa shape index (κ3) is 5.35. The smallest absolute Gasteiger partial charge is 0.332 e. The summed E-state index contributed by atoms with van der Waals surface area (Å²) in [6.07, 6.45) is 6.89. The fourth-order valence-electron chi connectivity index (χ4n) is 3.23. The average Bonchev–Trinajstić information content (AvgIpc) is 3.37. The number of thiophene rings is 1. The second kappa shape index (κ2) is 10.1. The molecule has 2 heterocycles. The van der Waals surface area contributed by atoms with Crippen molar-refractivity contribution in [3.63, 3.8) is 0 Å². The molecule has 3 rings (SSSR count). The summed E-state index contributed by atoms with van der Waals surface area (Å²) in [5, 5.41) is 11.7. The first-order valence-corrected chi connectivity index (χ1v) is 10.6. The van der Waals surface area contributed by atoms with E-state index in [1.54, 1.807) is 30.7 Å². The summed E-state index contributed by atoms with van der Waals surface area (Å²) in [5.41, 5.74) is 2.20. The number of para-hydroxylation sites is 1. The quantitative estimate of drug-likeness (QED) is 0.475. The molecule has 0 atom stereocenters. The minimum Gasteiger partial charge on any atom is -0.496 e. The molecular weight excluding hydrogens is 384 g/mol. The molecule has 0 unspecified atom stereocenters. The highest BCUT2D eigenvalue weighted by Crippen LogP contribution is 2.23. The Labute approximate surface area is 175 Å². The molecule has 1 aromatic carbocycles. The van der Waals surface area contributed by atoms with E-state index < -0.39 is 5.97 Å². The lowest BCUT2D eigenvalue weighted by atomic mass is 10.1. The zero-order valence-corrected chi connectivity index (χ0v) is 17.6. The molecule has 6 heteroatoms. The first kappa shape index (κ1) is 20.9. The van der Waals surface area contributed by atoms with Gasteiger partial charge in [0.1, 0.15) is 11.6 Å². The van der Waals surface area contributed by atoms with Crippen LogP contribution in [0.15, 0.2) is 53.5 Å². The van der Waals surface area contributed by atoms with Crippen LogP contribution in [-0.4, -0.2) is 27.7 Å². The monoisotopic (exact) mass is 410 g/mol. The summed E-state index contributed by atoms with van der Waals surface area (Å²) in [7, 11) is 1.66. The van der Waals surface area contributed by atoms with Gasteiger partial charge in [-0.15, -0.1) is 11.3 Å². The molecule has 0 bridgehead atoms. The van der Waals surface area contributed by atoms with Gasteiger partial charge in [0.25, 0.3) is 0 Å². The number of hydrogen-bond donors (Lipinski definition) is 1. The highest BCUT2D eigenvalue weighted by Gasteiger charge is 2.15. The van der Waals surface area contributed by atoms with Gasteiger partial charge in [-0.25, -0.2) is 9.78 Å². The van der Waals surface area contributed by atoms with E-state index in [0.29, 0.717) is 18.5 Å². The van der Waals surface area contributed by atoms with Crippen LogP contribution < -0.4 is 4.74 Å². The summed E-state index contributed by atoms with van der Waals surface area (Å²) in [6.45, 7) is 2.73. The molecule has 0 aliphatic carbocycles. The van der Waals surface area contributed by atoms with E-state index in [2.05, 4.69) is 16.5 Å². The van der Waals surface area contributed by atoms with Crippen LogP contribution in [0.1, 0.15) is 41.7 Å². The third-order valence-corrected chi connectivity index (χ3v) is 5.66. The largest absolute Gasteiger partial charge is 0.496 e. The van der Waals surface area contributed by atoms with Crippen molar-refractivity contribution in [1.29, 1.82) is 0 Å². The fourth-order valence-corrected chi connectivity index (χ4v) is 3.96. The molecule has 29 heavy (non-hydrogen) atoms. The van der Waals surface area contributed by atoms with Crippen molar-refractivity contribution in [2.45, 2.75) is 39.2 Å². The molecule has 0 radical (unpaired) electrons. The van der Waals surface area contributed by atoms with Crippen LogP contribution in [0.2, 0.25) is 0 Å². The van der Waals surface area contributed by atoms with Crippen molar-refractivity contribution in [1.82, 2.24) is 9.55 Å². The SMILES string of the molecule is CCCCc1ncc(/C=C(/Cc2cccs2)C(=O)O)n1Cc1ccccc1OC. The Morgan fingerprint density at radius 3 is 2.79 bits per heavy atom. The highest BCUT2D eigenvalue weighted by atomic mass is 32.1. The first-order valence-electron chi connectivity index (χ1n) is 9.75. The number of carboxylic acid groups (broad SMARTS) is 1. The predicted octanol–water partition coefficient (Wildman–Crippen LogP) is 5.05. The zero-order valence-electron chi connectivity index (χ0n) is 16.8. The molecule has 152 valence electrons. The number of carbonyl (C=O) groups is 1. The predicted molar refractivity (Wildman–Crippen MR) is 117 cm³/mol. The van der Waals surface area contributed by atoms with Crippen LogP contribution in [0, 0.1) is 0 Å². The second-order valence-electron chi connectivity index (χ2n) is 6.83. The number of aryl methyl sites for hydroxylation is 1. The lowest BCUT2D eigenvalue weighted by Gasteiger charge is -2.14. The lowest BCUT2D eigenvalue weighted by molar-refractivity contribution is -0.132. The number of imidazole rings is 1. The number of aromatic nitrogens is 2. The van der Waals surface area contributed by atoms with Crippen LogP contribution in [0.25, 0.3) is 6.08 Å². The maximum atomic E-state index is 11.9. The molecule has 1 N–H and O–H groups in total. The van der Waals surface area contributed by atoms with Gasteiger partial charge in [-0.1, -0.05) is 37.6 Å². The van der Waals surface area contributed by atoms with Gasteiger partial charge in [0.15, 0.2) is 0 Å².